The third kappa shape index (κ3) is 2.34. The Morgan fingerprint density at radius 2 is 1.83 bits per heavy atom. The minimum absolute atomic E-state index is 0.0504. The van der Waals surface area contributed by atoms with E-state index >= 15 is 0 Å². The number of hydrogen-bond acceptors (Lipinski definition) is 6. The first-order valence-corrected chi connectivity index (χ1v) is 11.2. The van der Waals surface area contributed by atoms with Crippen LogP contribution < -0.4 is 0 Å². The Balaban J connectivity index is 1.52. The Morgan fingerprint density at radius 1 is 1.07 bits per heavy atom. The van der Waals surface area contributed by atoms with Gasteiger partial charge in [0.2, 0.25) is 0 Å². The molecule has 6 nitrogen and oxygen atoms in total. The summed E-state index contributed by atoms with van der Waals surface area (Å²) in [6.07, 6.45) is 7.36. The Labute approximate surface area is 171 Å². The van der Waals surface area contributed by atoms with Crippen molar-refractivity contribution < 1.29 is 29.6 Å². The van der Waals surface area contributed by atoms with Crippen molar-refractivity contribution in [3.63, 3.8) is 0 Å². The van der Waals surface area contributed by atoms with Crippen molar-refractivity contribution in [2.75, 3.05) is 6.61 Å². The maximum absolute atomic E-state index is 12.5. The van der Waals surface area contributed by atoms with Crippen LogP contribution in [0.15, 0.2) is 11.6 Å². The second kappa shape index (κ2) is 6.14. The fraction of sp³-hybridized carbons (Fsp3) is 0.826. The summed E-state index contributed by atoms with van der Waals surface area (Å²) in [6, 6.07) is 0. The largest absolute Gasteiger partial charge is 0.458 e. The van der Waals surface area contributed by atoms with Gasteiger partial charge in [0.1, 0.15) is 12.9 Å². The van der Waals surface area contributed by atoms with Crippen LogP contribution in [0.1, 0.15) is 64.7 Å². The molecule has 0 aromatic rings. The quantitative estimate of drug-likeness (QED) is 0.480. The molecule has 4 aliphatic carbocycles. The zero-order valence-corrected chi connectivity index (χ0v) is 17.1. The Bertz CT molecular complexity index is 777. The SMILES string of the molecule is C[C@]12CC[C@@H]3[C@@H](CC[C@]4(O)C[C@@H](O)CC[C@]34C=O)[C@@]1(O)CC[C@@H]2C1=CC(=O)OC1. The molecule has 1 heterocycles. The number of carbonyl (C=O) groups excluding carboxylic acids is 2. The van der Waals surface area contributed by atoms with Crippen LogP contribution in [0.5, 0.6) is 0 Å². The van der Waals surface area contributed by atoms with E-state index in [1.165, 1.54) is 0 Å². The second-order valence-corrected chi connectivity index (χ2v) is 10.6. The molecule has 0 bridgehead atoms. The molecule has 4 fully saturated rings. The molecule has 0 aromatic heterocycles. The lowest BCUT2D eigenvalue weighted by molar-refractivity contribution is -0.248. The molecule has 1 aliphatic heterocycles. The van der Waals surface area contributed by atoms with Crippen LogP contribution in [-0.2, 0) is 14.3 Å². The molecular formula is C23H32O6. The Morgan fingerprint density at radius 3 is 2.52 bits per heavy atom. The van der Waals surface area contributed by atoms with Gasteiger partial charge in [0.15, 0.2) is 0 Å². The van der Waals surface area contributed by atoms with Crippen LogP contribution in [0.3, 0.4) is 0 Å². The number of rotatable bonds is 2. The second-order valence-electron chi connectivity index (χ2n) is 10.6. The number of ether oxygens (including phenoxy) is 1. The highest BCUT2D eigenvalue weighted by Crippen LogP contribution is 2.70. The van der Waals surface area contributed by atoms with Crippen molar-refractivity contribution >= 4 is 12.3 Å². The van der Waals surface area contributed by atoms with E-state index in [9.17, 15) is 24.9 Å². The van der Waals surface area contributed by atoms with Gasteiger partial charge >= 0.3 is 5.97 Å². The highest BCUT2D eigenvalue weighted by atomic mass is 16.5. The van der Waals surface area contributed by atoms with Crippen LogP contribution in [0, 0.1) is 28.6 Å². The number of hydrogen-bond donors (Lipinski definition) is 3. The molecule has 0 unspecified atom stereocenters. The van der Waals surface area contributed by atoms with E-state index < -0.39 is 22.7 Å². The van der Waals surface area contributed by atoms with Gasteiger partial charge in [-0.1, -0.05) is 6.92 Å². The van der Waals surface area contributed by atoms with Gasteiger partial charge in [-0.05, 0) is 74.7 Å². The minimum Gasteiger partial charge on any atom is -0.458 e. The minimum atomic E-state index is -1.18. The molecule has 8 atom stereocenters. The normalized spacial score (nSPS) is 54.1. The summed E-state index contributed by atoms with van der Waals surface area (Å²) < 4.78 is 5.15. The van der Waals surface area contributed by atoms with Crippen molar-refractivity contribution in [1.29, 1.82) is 0 Å². The Hall–Kier alpha value is -1.24. The molecule has 160 valence electrons. The van der Waals surface area contributed by atoms with Gasteiger partial charge in [-0.25, -0.2) is 4.79 Å². The van der Waals surface area contributed by atoms with Gasteiger partial charge in [0.05, 0.1) is 22.7 Å². The van der Waals surface area contributed by atoms with Crippen LogP contribution in [0.25, 0.3) is 0 Å². The first-order chi connectivity index (χ1) is 13.7. The van der Waals surface area contributed by atoms with Crippen molar-refractivity contribution in [3.8, 4) is 0 Å². The summed E-state index contributed by atoms with van der Waals surface area (Å²) in [6.45, 7) is 2.46. The van der Waals surface area contributed by atoms with E-state index in [-0.39, 0.29) is 35.6 Å². The number of aldehydes is 1. The monoisotopic (exact) mass is 404 g/mol. The van der Waals surface area contributed by atoms with Crippen LogP contribution in [0.4, 0.5) is 0 Å². The van der Waals surface area contributed by atoms with E-state index in [2.05, 4.69) is 6.92 Å². The number of aliphatic hydroxyl groups excluding tert-OH is 1. The van der Waals surface area contributed by atoms with Gasteiger partial charge in [-0.2, -0.15) is 0 Å². The summed E-state index contributed by atoms with van der Waals surface area (Å²) in [5, 5.41) is 33.7. The standard InChI is InChI=1S/C23H32O6/c1-20-6-3-17-18(4-8-22(27)11-15(25)2-7-21(17,22)13-24)23(20,28)9-5-16(20)14-10-19(26)29-12-14/h10,13,15-18,25,27-28H,2-9,11-12H2,1H3/t15-,16+,17+,18+,20+,21-,22-,23-/m0/s1. The molecule has 0 radical (unpaired) electrons. The molecule has 0 amide bonds. The number of aliphatic hydroxyl groups is 3. The zero-order chi connectivity index (χ0) is 20.7. The fourth-order valence-electron chi connectivity index (χ4n) is 8.34. The first kappa shape index (κ1) is 19.7. The van der Waals surface area contributed by atoms with Crippen molar-refractivity contribution in [2.45, 2.75) is 82.0 Å². The molecule has 3 N–H and O–H groups in total. The summed E-state index contributed by atoms with van der Waals surface area (Å²) in [5.74, 6) is -0.304. The number of esters is 1. The maximum Gasteiger partial charge on any atom is 0.331 e. The molecule has 0 spiro atoms. The molecule has 0 aromatic carbocycles. The average molecular weight is 405 g/mol. The van der Waals surface area contributed by atoms with Crippen LogP contribution >= 0.6 is 0 Å². The molecule has 5 rings (SSSR count). The van der Waals surface area contributed by atoms with E-state index in [1.54, 1.807) is 6.08 Å². The summed E-state index contributed by atoms with van der Waals surface area (Å²) >= 11 is 0. The van der Waals surface area contributed by atoms with Crippen molar-refractivity contribution in [2.24, 2.45) is 28.6 Å². The summed E-state index contributed by atoms with van der Waals surface area (Å²) in [7, 11) is 0. The smallest absolute Gasteiger partial charge is 0.331 e. The Kier molecular flexibility index (Phi) is 4.18. The van der Waals surface area contributed by atoms with Gasteiger partial charge in [0, 0.05) is 17.9 Å². The molecule has 0 saturated heterocycles. The van der Waals surface area contributed by atoms with Crippen LogP contribution in [-0.4, -0.2) is 51.5 Å². The lowest BCUT2D eigenvalue weighted by Crippen LogP contribution is -2.68. The van der Waals surface area contributed by atoms with E-state index in [0.29, 0.717) is 38.7 Å². The van der Waals surface area contributed by atoms with Crippen molar-refractivity contribution in [3.05, 3.63) is 11.6 Å². The maximum atomic E-state index is 12.5. The molecule has 5 aliphatic rings. The fourth-order valence-corrected chi connectivity index (χ4v) is 8.34. The van der Waals surface area contributed by atoms with Crippen LogP contribution in [0.2, 0.25) is 0 Å². The number of fused-ring (bicyclic) bond motifs is 5. The lowest BCUT2D eigenvalue weighted by atomic mass is 9.41. The highest BCUT2D eigenvalue weighted by Gasteiger charge is 2.71. The molecule has 6 heteroatoms. The molecule has 29 heavy (non-hydrogen) atoms. The van der Waals surface area contributed by atoms with E-state index in [1.807, 2.05) is 0 Å². The highest BCUT2D eigenvalue weighted by molar-refractivity contribution is 5.85. The van der Waals surface area contributed by atoms with Gasteiger partial charge < -0.3 is 24.9 Å². The lowest BCUT2D eigenvalue weighted by Gasteiger charge is -2.65. The number of cyclic esters (lactones) is 1. The van der Waals surface area contributed by atoms with Crippen molar-refractivity contribution in [1.82, 2.24) is 0 Å². The summed E-state index contributed by atoms with van der Waals surface area (Å²) in [5.41, 5.74) is -2.34. The zero-order valence-electron chi connectivity index (χ0n) is 17.1. The predicted molar refractivity (Wildman–Crippen MR) is 104 cm³/mol. The number of carbonyl (C=O) groups is 2. The van der Waals surface area contributed by atoms with E-state index in [0.717, 1.165) is 31.1 Å². The van der Waals surface area contributed by atoms with Gasteiger partial charge in [-0.3, -0.25) is 0 Å². The average Bonchev–Trinajstić information content (AvgIpc) is 3.21. The van der Waals surface area contributed by atoms with Gasteiger partial charge in [-0.15, -0.1) is 0 Å². The van der Waals surface area contributed by atoms with E-state index in [4.69, 9.17) is 4.74 Å². The predicted octanol–water partition coefficient (Wildman–Crippen LogP) is 1.90. The third-order valence-corrected chi connectivity index (χ3v) is 9.85. The molecular weight excluding hydrogens is 372 g/mol. The topological polar surface area (TPSA) is 104 Å². The summed E-state index contributed by atoms with van der Waals surface area (Å²) in [4.78, 5) is 24.1. The first-order valence-electron chi connectivity index (χ1n) is 11.2. The molecule has 4 saturated carbocycles. The van der Waals surface area contributed by atoms with Gasteiger partial charge in [0.25, 0.3) is 0 Å². The third-order valence-electron chi connectivity index (χ3n) is 9.85.